The number of fused-ring (bicyclic) bond motifs is 1. The van der Waals surface area contributed by atoms with Crippen molar-refractivity contribution >= 4 is 16.9 Å². The van der Waals surface area contributed by atoms with Crippen LogP contribution in [0, 0.1) is 0 Å². The zero-order valence-electron chi connectivity index (χ0n) is 17.6. The van der Waals surface area contributed by atoms with Gasteiger partial charge in [0.15, 0.2) is 5.96 Å². The number of aliphatic imine (C=N–C) groups is 1. The van der Waals surface area contributed by atoms with Crippen LogP contribution in [0.15, 0.2) is 29.4 Å². The number of para-hydroxylation sites is 1. The van der Waals surface area contributed by atoms with Crippen molar-refractivity contribution in [2.45, 2.75) is 39.7 Å². The molecule has 1 aromatic carbocycles. The molecule has 154 valence electrons. The lowest BCUT2D eigenvalue weighted by molar-refractivity contribution is 0.0220. The molecule has 1 aliphatic heterocycles. The van der Waals surface area contributed by atoms with E-state index in [2.05, 4.69) is 65.7 Å². The number of guanidine groups is 1. The number of aromatic amines is 1. The largest absolute Gasteiger partial charge is 0.379 e. The lowest BCUT2D eigenvalue weighted by Crippen LogP contribution is -2.44. The number of ether oxygens (including phenoxy) is 1. The Morgan fingerprint density at radius 3 is 2.79 bits per heavy atom. The molecule has 1 atom stereocenters. The van der Waals surface area contributed by atoms with Gasteiger partial charge in [0.1, 0.15) is 0 Å². The van der Waals surface area contributed by atoms with Crippen LogP contribution >= 0.6 is 0 Å². The summed E-state index contributed by atoms with van der Waals surface area (Å²) in [6.07, 6.45) is 4.17. The number of hydrogen-bond acceptors (Lipinski definition) is 3. The summed E-state index contributed by atoms with van der Waals surface area (Å²) in [5.41, 5.74) is 4.01. The van der Waals surface area contributed by atoms with Gasteiger partial charge < -0.3 is 20.4 Å². The highest BCUT2D eigenvalue weighted by molar-refractivity contribution is 5.86. The van der Waals surface area contributed by atoms with Crippen LogP contribution in [0.5, 0.6) is 0 Å². The molecule has 1 aliphatic rings. The molecule has 0 saturated carbocycles. The fraction of sp³-hybridized carbons (Fsp3) is 0.591. The summed E-state index contributed by atoms with van der Waals surface area (Å²) in [4.78, 5) is 10.7. The minimum atomic E-state index is 0.431. The molecule has 0 bridgehead atoms. The molecule has 2 heterocycles. The Labute approximate surface area is 168 Å². The highest BCUT2D eigenvalue weighted by Crippen LogP contribution is 2.22. The Morgan fingerprint density at radius 1 is 1.21 bits per heavy atom. The maximum Gasteiger partial charge on any atom is 0.191 e. The summed E-state index contributed by atoms with van der Waals surface area (Å²) < 4.78 is 5.44. The Balaban J connectivity index is 1.54. The minimum Gasteiger partial charge on any atom is -0.379 e. The van der Waals surface area contributed by atoms with E-state index in [4.69, 9.17) is 9.73 Å². The van der Waals surface area contributed by atoms with Crippen molar-refractivity contribution in [1.82, 2.24) is 20.5 Å². The SMILES string of the molecule is CCNC(=NCC(C)N1CCOCC1)NCCc1c[nH]c2c(CC)cccc12. The lowest BCUT2D eigenvalue weighted by Gasteiger charge is -2.31. The molecule has 28 heavy (non-hydrogen) atoms. The summed E-state index contributed by atoms with van der Waals surface area (Å²) >= 11 is 0. The average Bonchev–Trinajstić information content (AvgIpc) is 3.15. The van der Waals surface area contributed by atoms with Crippen LogP contribution in [-0.4, -0.2) is 67.8 Å². The standard InChI is InChI=1S/C22H35N5O/c1-4-18-7-6-8-20-19(16-25-21(18)20)9-10-24-22(23-5-2)26-15-17(3)27-11-13-28-14-12-27/h6-8,16-17,25H,4-5,9-15H2,1-3H3,(H2,23,24,26). The van der Waals surface area contributed by atoms with Crippen molar-refractivity contribution in [1.29, 1.82) is 0 Å². The molecule has 0 spiro atoms. The molecule has 0 aliphatic carbocycles. The van der Waals surface area contributed by atoms with E-state index in [0.717, 1.165) is 64.7 Å². The Hall–Kier alpha value is -2.05. The molecule has 1 aromatic heterocycles. The van der Waals surface area contributed by atoms with E-state index in [-0.39, 0.29) is 0 Å². The molecule has 3 N–H and O–H groups in total. The highest BCUT2D eigenvalue weighted by atomic mass is 16.5. The normalized spacial score (nSPS) is 17.0. The number of rotatable bonds is 8. The molecule has 6 nitrogen and oxygen atoms in total. The monoisotopic (exact) mass is 385 g/mol. The van der Waals surface area contributed by atoms with Crippen LogP contribution in [-0.2, 0) is 17.6 Å². The molecule has 1 saturated heterocycles. The smallest absolute Gasteiger partial charge is 0.191 e. The van der Waals surface area contributed by atoms with E-state index >= 15 is 0 Å². The van der Waals surface area contributed by atoms with Gasteiger partial charge in [-0.1, -0.05) is 25.1 Å². The third kappa shape index (κ3) is 5.26. The van der Waals surface area contributed by atoms with E-state index in [9.17, 15) is 0 Å². The first kappa shape index (κ1) is 20.7. The van der Waals surface area contributed by atoms with Crippen LogP contribution in [0.3, 0.4) is 0 Å². The van der Waals surface area contributed by atoms with E-state index in [1.54, 1.807) is 0 Å². The molecule has 3 rings (SSSR count). The second kappa shape index (κ2) is 10.5. The van der Waals surface area contributed by atoms with Crippen molar-refractivity contribution in [3.8, 4) is 0 Å². The van der Waals surface area contributed by atoms with Crippen molar-refractivity contribution in [3.05, 3.63) is 35.5 Å². The predicted octanol–water partition coefficient (Wildman–Crippen LogP) is 2.55. The van der Waals surface area contributed by atoms with Gasteiger partial charge in [-0.3, -0.25) is 9.89 Å². The lowest BCUT2D eigenvalue weighted by atomic mass is 10.1. The Kier molecular flexibility index (Phi) is 7.74. The molecule has 0 radical (unpaired) electrons. The molecule has 1 fully saturated rings. The topological polar surface area (TPSA) is 64.7 Å². The first-order valence-electron chi connectivity index (χ1n) is 10.6. The number of nitrogens with one attached hydrogen (secondary N) is 3. The first-order chi connectivity index (χ1) is 13.7. The quantitative estimate of drug-likeness (QED) is 0.483. The van der Waals surface area contributed by atoms with Gasteiger partial charge in [-0.15, -0.1) is 0 Å². The first-order valence-corrected chi connectivity index (χ1v) is 10.6. The van der Waals surface area contributed by atoms with Crippen molar-refractivity contribution in [3.63, 3.8) is 0 Å². The summed E-state index contributed by atoms with van der Waals surface area (Å²) in [5.74, 6) is 0.900. The summed E-state index contributed by atoms with van der Waals surface area (Å²) in [6, 6.07) is 7.00. The maximum atomic E-state index is 5.44. The number of aryl methyl sites for hydroxylation is 1. The van der Waals surface area contributed by atoms with Gasteiger partial charge in [0.2, 0.25) is 0 Å². The van der Waals surface area contributed by atoms with Gasteiger partial charge in [0.05, 0.1) is 19.8 Å². The fourth-order valence-electron chi connectivity index (χ4n) is 3.79. The highest BCUT2D eigenvalue weighted by Gasteiger charge is 2.16. The van der Waals surface area contributed by atoms with Crippen LogP contribution in [0.25, 0.3) is 10.9 Å². The summed E-state index contributed by atoms with van der Waals surface area (Å²) in [5, 5.41) is 8.19. The van der Waals surface area contributed by atoms with E-state index in [1.807, 2.05) is 0 Å². The van der Waals surface area contributed by atoms with Gasteiger partial charge in [-0.25, -0.2) is 0 Å². The molecule has 2 aromatic rings. The van der Waals surface area contributed by atoms with Crippen molar-refractivity contribution < 1.29 is 4.74 Å². The van der Waals surface area contributed by atoms with Gasteiger partial charge in [-0.05, 0) is 37.8 Å². The van der Waals surface area contributed by atoms with Crippen LogP contribution < -0.4 is 10.6 Å². The second-order valence-electron chi connectivity index (χ2n) is 7.40. The van der Waals surface area contributed by atoms with Gasteiger partial charge in [0.25, 0.3) is 0 Å². The molecule has 0 amide bonds. The van der Waals surface area contributed by atoms with Gasteiger partial charge in [-0.2, -0.15) is 0 Å². The summed E-state index contributed by atoms with van der Waals surface area (Å²) in [7, 11) is 0. The Bertz CT molecular complexity index is 763. The van der Waals surface area contributed by atoms with Crippen LogP contribution in [0.1, 0.15) is 31.9 Å². The molecule has 1 unspecified atom stereocenters. The maximum absolute atomic E-state index is 5.44. The zero-order valence-corrected chi connectivity index (χ0v) is 17.6. The van der Waals surface area contributed by atoms with Crippen LogP contribution in [0.2, 0.25) is 0 Å². The number of aromatic nitrogens is 1. The molecule has 6 heteroatoms. The number of benzene rings is 1. The van der Waals surface area contributed by atoms with Crippen molar-refractivity contribution in [2.75, 3.05) is 45.9 Å². The third-order valence-corrected chi connectivity index (χ3v) is 5.48. The summed E-state index contributed by atoms with van der Waals surface area (Å²) in [6.45, 7) is 12.7. The third-order valence-electron chi connectivity index (χ3n) is 5.48. The number of H-pyrrole nitrogens is 1. The van der Waals surface area contributed by atoms with Gasteiger partial charge >= 0.3 is 0 Å². The number of morpholine rings is 1. The van der Waals surface area contributed by atoms with Gasteiger partial charge in [0, 0.05) is 49.3 Å². The van der Waals surface area contributed by atoms with E-state index < -0.39 is 0 Å². The fourth-order valence-corrected chi connectivity index (χ4v) is 3.79. The minimum absolute atomic E-state index is 0.431. The number of nitrogens with zero attached hydrogens (tertiary/aromatic N) is 2. The Morgan fingerprint density at radius 2 is 2.04 bits per heavy atom. The number of hydrogen-bond donors (Lipinski definition) is 3. The molecular formula is C22H35N5O. The molecular weight excluding hydrogens is 350 g/mol. The average molecular weight is 386 g/mol. The zero-order chi connectivity index (χ0) is 19.8. The van der Waals surface area contributed by atoms with E-state index in [1.165, 1.54) is 22.0 Å². The van der Waals surface area contributed by atoms with E-state index in [0.29, 0.717) is 6.04 Å². The predicted molar refractivity (Wildman–Crippen MR) is 117 cm³/mol. The second-order valence-corrected chi connectivity index (χ2v) is 7.40. The van der Waals surface area contributed by atoms with Crippen LogP contribution in [0.4, 0.5) is 0 Å². The van der Waals surface area contributed by atoms with Crippen molar-refractivity contribution in [2.24, 2.45) is 4.99 Å².